The molecule has 0 spiro atoms. The molecule has 1 fully saturated rings. The Morgan fingerprint density at radius 3 is 2.67 bits per heavy atom. The number of hydrogen-bond acceptors (Lipinski definition) is 3. The van der Waals surface area contributed by atoms with Gasteiger partial charge in [0.25, 0.3) is 0 Å². The monoisotopic (exact) mass is 211 g/mol. The van der Waals surface area contributed by atoms with Crippen molar-refractivity contribution in [1.82, 2.24) is 4.90 Å². The fourth-order valence-electron chi connectivity index (χ4n) is 1.48. The van der Waals surface area contributed by atoms with Crippen LogP contribution in [0, 0.1) is 0 Å². The number of amides is 2. The predicted molar refractivity (Wildman–Crippen MR) is 56.3 cm³/mol. The molecule has 0 radical (unpaired) electrons. The normalized spacial score (nSPS) is 21.7. The molecule has 0 aliphatic carbocycles. The Morgan fingerprint density at radius 2 is 2.20 bits per heavy atom. The number of likely N-dealkylation sites (tertiary alicyclic amines) is 1. The van der Waals surface area contributed by atoms with Gasteiger partial charge >= 0.3 is 6.09 Å². The van der Waals surface area contributed by atoms with Crippen LogP contribution >= 0.6 is 0 Å². The SMILES string of the molecule is C=C[C@@H]1CCC(=O)N1C(=O)OC(C)(C)C. The van der Waals surface area contributed by atoms with E-state index in [4.69, 9.17) is 4.74 Å². The van der Waals surface area contributed by atoms with Crippen LogP contribution in [0.4, 0.5) is 4.79 Å². The molecule has 15 heavy (non-hydrogen) atoms. The van der Waals surface area contributed by atoms with E-state index in [0.717, 1.165) is 4.90 Å². The van der Waals surface area contributed by atoms with Crippen LogP contribution in [0.25, 0.3) is 0 Å². The van der Waals surface area contributed by atoms with Crippen molar-refractivity contribution in [2.75, 3.05) is 0 Å². The van der Waals surface area contributed by atoms with Crippen molar-refractivity contribution in [1.29, 1.82) is 0 Å². The predicted octanol–water partition coefficient (Wildman–Crippen LogP) is 2.10. The molecule has 0 aromatic heterocycles. The van der Waals surface area contributed by atoms with Crippen LogP contribution < -0.4 is 0 Å². The number of hydrogen-bond donors (Lipinski definition) is 0. The number of rotatable bonds is 1. The highest BCUT2D eigenvalue weighted by Gasteiger charge is 2.36. The van der Waals surface area contributed by atoms with E-state index in [0.29, 0.717) is 12.8 Å². The Labute approximate surface area is 89.9 Å². The van der Waals surface area contributed by atoms with Gasteiger partial charge in [0.1, 0.15) is 5.60 Å². The molecule has 0 unspecified atom stereocenters. The maximum Gasteiger partial charge on any atom is 0.417 e. The van der Waals surface area contributed by atoms with Crippen molar-refractivity contribution in [2.24, 2.45) is 0 Å². The Hall–Kier alpha value is -1.32. The molecule has 1 rings (SSSR count). The third kappa shape index (κ3) is 2.81. The minimum atomic E-state index is -0.578. The van der Waals surface area contributed by atoms with Gasteiger partial charge in [-0.1, -0.05) is 6.08 Å². The maximum absolute atomic E-state index is 11.7. The first-order valence-electron chi connectivity index (χ1n) is 5.03. The highest BCUT2D eigenvalue weighted by atomic mass is 16.6. The van der Waals surface area contributed by atoms with Crippen molar-refractivity contribution in [3.63, 3.8) is 0 Å². The third-order valence-corrected chi connectivity index (χ3v) is 2.12. The number of ether oxygens (including phenoxy) is 1. The molecule has 0 aromatic rings. The number of nitrogens with zero attached hydrogens (tertiary/aromatic N) is 1. The Bertz CT molecular complexity index is 291. The first-order chi connectivity index (χ1) is 6.85. The van der Waals surface area contributed by atoms with Gasteiger partial charge in [-0.15, -0.1) is 6.58 Å². The lowest BCUT2D eigenvalue weighted by molar-refractivity contribution is -0.127. The molecule has 1 saturated heterocycles. The molecule has 84 valence electrons. The molecule has 4 nitrogen and oxygen atoms in total. The van der Waals surface area contributed by atoms with Gasteiger partial charge in [-0.3, -0.25) is 4.79 Å². The number of imide groups is 1. The summed E-state index contributed by atoms with van der Waals surface area (Å²) in [6.45, 7) is 8.92. The molecular formula is C11H17NO3. The summed E-state index contributed by atoms with van der Waals surface area (Å²) in [6.07, 6.45) is 2.06. The van der Waals surface area contributed by atoms with E-state index in [-0.39, 0.29) is 11.9 Å². The van der Waals surface area contributed by atoms with Crippen LogP contribution in [0.1, 0.15) is 33.6 Å². The standard InChI is InChI=1S/C11H17NO3/c1-5-8-6-7-9(13)12(8)10(14)15-11(2,3)4/h5,8H,1,6-7H2,2-4H3/t8-/m1/s1. The smallest absolute Gasteiger partial charge is 0.417 e. The summed E-state index contributed by atoms with van der Waals surface area (Å²) in [5, 5.41) is 0. The first kappa shape index (κ1) is 11.8. The Morgan fingerprint density at radius 1 is 1.60 bits per heavy atom. The van der Waals surface area contributed by atoms with Crippen molar-refractivity contribution in [3.05, 3.63) is 12.7 Å². The molecule has 0 aromatic carbocycles. The van der Waals surface area contributed by atoms with Crippen molar-refractivity contribution in [3.8, 4) is 0 Å². The van der Waals surface area contributed by atoms with E-state index in [1.807, 2.05) is 0 Å². The van der Waals surface area contributed by atoms with Crippen LogP contribution in [-0.4, -0.2) is 28.5 Å². The van der Waals surface area contributed by atoms with Crippen LogP contribution in [0.15, 0.2) is 12.7 Å². The quantitative estimate of drug-likeness (QED) is 0.624. The van der Waals surface area contributed by atoms with Gasteiger partial charge in [-0.05, 0) is 27.2 Å². The highest BCUT2D eigenvalue weighted by molar-refractivity contribution is 5.94. The van der Waals surface area contributed by atoms with Gasteiger partial charge in [-0.2, -0.15) is 0 Å². The molecule has 1 heterocycles. The molecule has 1 aliphatic rings. The first-order valence-corrected chi connectivity index (χ1v) is 5.03. The van der Waals surface area contributed by atoms with E-state index >= 15 is 0 Å². The largest absolute Gasteiger partial charge is 0.443 e. The summed E-state index contributed by atoms with van der Waals surface area (Å²) in [5.74, 6) is -0.186. The molecular weight excluding hydrogens is 194 g/mol. The summed E-state index contributed by atoms with van der Waals surface area (Å²) in [5.41, 5.74) is -0.578. The average molecular weight is 211 g/mol. The Balaban J connectivity index is 2.73. The minimum absolute atomic E-state index is 0.186. The van der Waals surface area contributed by atoms with Gasteiger partial charge in [-0.25, -0.2) is 9.69 Å². The summed E-state index contributed by atoms with van der Waals surface area (Å²) >= 11 is 0. The topological polar surface area (TPSA) is 46.6 Å². The molecule has 0 saturated carbocycles. The maximum atomic E-state index is 11.7. The molecule has 1 atom stereocenters. The van der Waals surface area contributed by atoms with Crippen LogP contribution in [0.3, 0.4) is 0 Å². The lowest BCUT2D eigenvalue weighted by atomic mass is 10.2. The molecule has 2 amide bonds. The van der Waals surface area contributed by atoms with Gasteiger partial charge in [0, 0.05) is 6.42 Å². The van der Waals surface area contributed by atoms with Crippen LogP contribution in [-0.2, 0) is 9.53 Å². The van der Waals surface area contributed by atoms with Crippen molar-refractivity contribution >= 4 is 12.0 Å². The fourth-order valence-corrected chi connectivity index (χ4v) is 1.48. The van der Waals surface area contributed by atoms with Gasteiger partial charge in [0.2, 0.25) is 5.91 Å². The van der Waals surface area contributed by atoms with E-state index < -0.39 is 11.7 Å². The second kappa shape index (κ2) is 4.04. The summed E-state index contributed by atoms with van der Waals surface area (Å²) in [4.78, 5) is 24.3. The summed E-state index contributed by atoms with van der Waals surface area (Å²) in [7, 11) is 0. The van der Waals surface area contributed by atoms with E-state index in [9.17, 15) is 9.59 Å². The van der Waals surface area contributed by atoms with E-state index in [2.05, 4.69) is 6.58 Å². The highest BCUT2D eigenvalue weighted by Crippen LogP contribution is 2.22. The molecule has 4 heteroatoms. The average Bonchev–Trinajstić information content (AvgIpc) is 2.43. The molecule has 0 N–H and O–H groups in total. The van der Waals surface area contributed by atoms with Gasteiger partial charge < -0.3 is 4.74 Å². The van der Waals surface area contributed by atoms with Gasteiger partial charge in [0.15, 0.2) is 0 Å². The molecule has 0 bridgehead atoms. The number of carbonyl (C=O) groups is 2. The van der Waals surface area contributed by atoms with E-state index in [1.165, 1.54) is 0 Å². The van der Waals surface area contributed by atoms with E-state index in [1.54, 1.807) is 26.8 Å². The second-order valence-corrected chi connectivity index (χ2v) is 4.59. The minimum Gasteiger partial charge on any atom is -0.443 e. The summed E-state index contributed by atoms with van der Waals surface area (Å²) < 4.78 is 5.14. The Kier molecular flexibility index (Phi) is 3.17. The third-order valence-electron chi connectivity index (χ3n) is 2.12. The number of carbonyl (C=O) groups excluding carboxylic acids is 2. The van der Waals surface area contributed by atoms with Gasteiger partial charge in [0.05, 0.1) is 6.04 Å². The zero-order valence-corrected chi connectivity index (χ0v) is 9.45. The fraction of sp³-hybridized carbons (Fsp3) is 0.636. The van der Waals surface area contributed by atoms with Crippen LogP contribution in [0.5, 0.6) is 0 Å². The van der Waals surface area contributed by atoms with Crippen molar-refractivity contribution < 1.29 is 14.3 Å². The van der Waals surface area contributed by atoms with Crippen molar-refractivity contribution in [2.45, 2.75) is 45.3 Å². The zero-order valence-electron chi connectivity index (χ0n) is 9.45. The molecule has 1 aliphatic heterocycles. The second-order valence-electron chi connectivity index (χ2n) is 4.59. The zero-order chi connectivity index (χ0) is 11.6. The van der Waals surface area contributed by atoms with Crippen LogP contribution in [0.2, 0.25) is 0 Å². The lowest BCUT2D eigenvalue weighted by Crippen LogP contribution is -2.41. The lowest BCUT2D eigenvalue weighted by Gasteiger charge is -2.25. The summed E-state index contributed by atoms with van der Waals surface area (Å²) in [6, 6.07) is -0.215.